The number of aromatic nitrogens is 2. The van der Waals surface area contributed by atoms with Crippen molar-refractivity contribution in [3.05, 3.63) is 11.3 Å². The molecule has 1 saturated heterocycles. The average Bonchev–Trinajstić information content (AvgIpc) is 2.61. The SMILES string of the molecule is COCCNCc1c(C)nn(C)c1N1CCCOC(C)C1. The topological polar surface area (TPSA) is 51.5 Å². The van der Waals surface area contributed by atoms with Gasteiger partial charge >= 0.3 is 0 Å². The van der Waals surface area contributed by atoms with Crippen LogP contribution in [0, 0.1) is 6.92 Å². The predicted octanol–water partition coefficient (Wildman–Crippen LogP) is 1.08. The van der Waals surface area contributed by atoms with Gasteiger partial charge in [-0.1, -0.05) is 0 Å². The number of nitrogens with zero attached hydrogens (tertiary/aromatic N) is 3. The van der Waals surface area contributed by atoms with Gasteiger partial charge in [0.1, 0.15) is 5.82 Å². The Hall–Kier alpha value is -1.11. The lowest BCUT2D eigenvalue weighted by atomic mass is 10.2. The number of anilines is 1. The van der Waals surface area contributed by atoms with Crippen LogP contribution in [-0.4, -0.2) is 55.8 Å². The molecule has 6 heteroatoms. The Morgan fingerprint density at radius 2 is 2.29 bits per heavy atom. The van der Waals surface area contributed by atoms with Gasteiger partial charge in [0.2, 0.25) is 0 Å². The van der Waals surface area contributed by atoms with E-state index in [0.29, 0.717) is 0 Å². The minimum atomic E-state index is 0.261. The first-order valence-electron chi connectivity index (χ1n) is 7.72. The molecule has 120 valence electrons. The zero-order chi connectivity index (χ0) is 15.2. The number of nitrogens with one attached hydrogen (secondary N) is 1. The van der Waals surface area contributed by atoms with Crippen molar-refractivity contribution >= 4 is 5.82 Å². The molecule has 21 heavy (non-hydrogen) atoms. The normalized spacial score (nSPS) is 19.8. The standard InChI is InChI=1S/C15H28N4O2/c1-12-11-19(7-5-8-21-12)15-14(10-16-6-9-20-4)13(2)17-18(15)3/h12,16H,5-11H2,1-4H3. The van der Waals surface area contributed by atoms with Crippen molar-refractivity contribution in [1.82, 2.24) is 15.1 Å². The molecule has 2 heterocycles. The molecule has 1 N–H and O–H groups in total. The third-order valence-corrected chi connectivity index (χ3v) is 3.85. The maximum atomic E-state index is 5.75. The van der Waals surface area contributed by atoms with Gasteiger partial charge in [-0.15, -0.1) is 0 Å². The number of methoxy groups -OCH3 is 1. The van der Waals surface area contributed by atoms with Gasteiger partial charge in [-0.2, -0.15) is 5.10 Å². The van der Waals surface area contributed by atoms with Gasteiger partial charge in [0.05, 0.1) is 18.4 Å². The molecule has 0 aromatic carbocycles. The number of aryl methyl sites for hydroxylation is 2. The maximum absolute atomic E-state index is 5.75. The highest BCUT2D eigenvalue weighted by molar-refractivity contribution is 5.50. The summed E-state index contributed by atoms with van der Waals surface area (Å²) in [6.45, 7) is 9.40. The van der Waals surface area contributed by atoms with Crippen LogP contribution in [0.2, 0.25) is 0 Å². The summed E-state index contributed by atoms with van der Waals surface area (Å²) in [5, 5.41) is 8.03. The fourth-order valence-corrected chi connectivity index (χ4v) is 2.87. The summed E-state index contributed by atoms with van der Waals surface area (Å²) in [5.41, 5.74) is 2.37. The molecule has 0 spiro atoms. The van der Waals surface area contributed by atoms with Crippen LogP contribution < -0.4 is 10.2 Å². The molecular formula is C15H28N4O2. The molecule has 0 radical (unpaired) electrons. The van der Waals surface area contributed by atoms with Gasteiger partial charge in [-0.05, 0) is 20.3 Å². The van der Waals surface area contributed by atoms with E-state index in [1.54, 1.807) is 7.11 Å². The molecule has 1 fully saturated rings. The number of ether oxygens (including phenoxy) is 2. The van der Waals surface area contributed by atoms with Crippen molar-refractivity contribution in [3.8, 4) is 0 Å². The number of hydrogen-bond donors (Lipinski definition) is 1. The number of hydrogen-bond acceptors (Lipinski definition) is 5. The van der Waals surface area contributed by atoms with Gasteiger partial charge in [0, 0.05) is 52.5 Å². The molecule has 0 saturated carbocycles. The van der Waals surface area contributed by atoms with E-state index < -0.39 is 0 Å². The highest BCUT2D eigenvalue weighted by atomic mass is 16.5. The van der Waals surface area contributed by atoms with E-state index in [4.69, 9.17) is 9.47 Å². The first-order chi connectivity index (χ1) is 10.1. The minimum Gasteiger partial charge on any atom is -0.383 e. The third-order valence-electron chi connectivity index (χ3n) is 3.85. The van der Waals surface area contributed by atoms with Crippen molar-refractivity contribution in [1.29, 1.82) is 0 Å². The van der Waals surface area contributed by atoms with Crippen LogP contribution >= 0.6 is 0 Å². The molecule has 1 aromatic heterocycles. The van der Waals surface area contributed by atoms with E-state index in [1.165, 1.54) is 11.4 Å². The fraction of sp³-hybridized carbons (Fsp3) is 0.800. The molecular weight excluding hydrogens is 268 g/mol. The molecule has 6 nitrogen and oxygen atoms in total. The van der Waals surface area contributed by atoms with Crippen molar-refractivity contribution in [2.75, 3.05) is 44.9 Å². The Morgan fingerprint density at radius 1 is 1.48 bits per heavy atom. The molecule has 1 unspecified atom stereocenters. The molecule has 0 aliphatic carbocycles. The van der Waals surface area contributed by atoms with Gasteiger partial charge in [0.15, 0.2) is 0 Å². The second-order valence-electron chi connectivity index (χ2n) is 5.66. The molecule has 1 aliphatic rings. The average molecular weight is 296 g/mol. The smallest absolute Gasteiger partial charge is 0.131 e. The van der Waals surface area contributed by atoms with Crippen molar-refractivity contribution in [2.24, 2.45) is 7.05 Å². The molecule has 1 aliphatic heterocycles. The van der Waals surface area contributed by atoms with E-state index >= 15 is 0 Å². The van der Waals surface area contributed by atoms with Gasteiger partial charge in [0.25, 0.3) is 0 Å². The fourth-order valence-electron chi connectivity index (χ4n) is 2.87. The summed E-state index contributed by atoms with van der Waals surface area (Å²) in [7, 11) is 3.75. The Labute approximate surface area is 127 Å². The van der Waals surface area contributed by atoms with Crippen LogP contribution in [0.4, 0.5) is 5.82 Å². The van der Waals surface area contributed by atoms with Crippen LogP contribution in [0.25, 0.3) is 0 Å². The maximum Gasteiger partial charge on any atom is 0.131 e. The van der Waals surface area contributed by atoms with Crippen molar-refractivity contribution in [2.45, 2.75) is 32.9 Å². The summed E-state index contributed by atoms with van der Waals surface area (Å²) >= 11 is 0. The van der Waals surface area contributed by atoms with Crippen molar-refractivity contribution < 1.29 is 9.47 Å². The molecule has 0 bridgehead atoms. The summed E-state index contributed by atoms with van der Waals surface area (Å²) in [5.74, 6) is 1.22. The van der Waals surface area contributed by atoms with E-state index in [9.17, 15) is 0 Å². The summed E-state index contributed by atoms with van der Waals surface area (Å²) in [6, 6.07) is 0. The Morgan fingerprint density at radius 3 is 3.05 bits per heavy atom. The van der Waals surface area contributed by atoms with Crippen LogP contribution in [-0.2, 0) is 23.1 Å². The van der Waals surface area contributed by atoms with E-state index in [0.717, 1.165) is 51.5 Å². The second-order valence-corrected chi connectivity index (χ2v) is 5.66. The monoisotopic (exact) mass is 296 g/mol. The van der Waals surface area contributed by atoms with Crippen LogP contribution in [0.1, 0.15) is 24.6 Å². The lowest BCUT2D eigenvalue weighted by molar-refractivity contribution is 0.0820. The predicted molar refractivity (Wildman–Crippen MR) is 83.8 cm³/mol. The van der Waals surface area contributed by atoms with Crippen LogP contribution in [0.15, 0.2) is 0 Å². The van der Waals surface area contributed by atoms with Gasteiger partial charge in [-0.25, -0.2) is 0 Å². The zero-order valence-corrected chi connectivity index (χ0v) is 13.7. The lowest BCUT2D eigenvalue weighted by Gasteiger charge is -2.25. The minimum absolute atomic E-state index is 0.261. The van der Waals surface area contributed by atoms with E-state index in [2.05, 4.69) is 29.2 Å². The lowest BCUT2D eigenvalue weighted by Crippen LogP contribution is -2.33. The summed E-state index contributed by atoms with van der Waals surface area (Å²) < 4.78 is 12.8. The van der Waals surface area contributed by atoms with Crippen LogP contribution in [0.5, 0.6) is 0 Å². The molecule has 0 amide bonds. The Bertz CT molecular complexity index is 447. The largest absolute Gasteiger partial charge is 0.383 e. The third kappa shape index (κ3) is 4.18. The highest BCUT2D eigenvalue weighted by Gasteiger charge is 2.22. The zero-order valence-electron chi connectivity index (χ0n) is 13.7. The first kappa shape index (κ1) is 16.3. The molecule has 2 rings (SSSR count). The summed E-state index contributed by atoms with van der Waals surface area (Å²) in [4.78, 5) is 2.41. The van der Waals surface area contributed by atoms with Gasteiger partial charge in [-0.3, -0.25) is 4.68 Å². The first-order valence-corrected chi connectivity index (χ1v) is 7.72. The Kier molecular flexibility index (Phi) is 6.02. The molecule has 1 aromatic rings. The van der Waals surface area contributed by atoms with E-state index in [-0.39, 0.29) is 6.10 Å². The second kappa shape index (κ2) is 7.77. The summed E-state index contributed by atoms with van der Waals surface area (Å²) in [6.07, 6.45) is 1.32. The quantitative estimate of drug-likeness (QED) is 0.796. The number of rotatable bonds is 6. The molecule has 1 atom stereocenters. The Balaban J connectivity index is 2.13. The van der Waals surface area contributed by atoms with Gasteiger partial charge < -0.3 is 19.7 Å². The van der Waals surface area contributed by atoms with Crippen LogP contribution in [0.3, 0.4) is 0 Å². The van der Waals surface area contributed by atoms with E-state index in [1.807, 2.05) is 11.7 Å². The van der Waals surface area contributed by atoms with Crippen molar-refractivity contribution in [3.63, 3.8) is 0 Å². The highest BCUT2D eigenvalue weighted by Crippen LogP contribution is 2.25.